The topological polar surface area (TPSA) is 56.1 Å². The number of rotatable bonds is 3. The molecule has 1 fully saturated rings. The molecule has 0 saturated carbocycles. The molecule has 1 aliphatic rings. The van der Waals surface area contributed by atoms with E-state index in [9.17, 15) is 4.79 Å². The Labute approximate surface area is 130 Å². The number of amides is 1. The van der Waals surface area contributed by atoms with Crippen molar-refractivity contribution in [2.75, 3.05) is 24.2 Å². The van der Waals surface area contributed by atoms with Crippen LogP contribution in [0, 0.1) is 11.3 Å². The third-order valence-electron chi connectivity index (χ3n) is 3.64. The first-order valence-corrected chi connectivity index (χ1v) is 8.09. The maximum Gasteiger partial charge on any atom is 0.241 e. The molecule has 0 aliphatic carbocycles. The summed E-state index contributed by atoms with van der Waals surface area (Å²) < 4.78 is 0.188. The molecule has 1 aromatic rings. The van der Waals surface area contributed by atoms with Crippen LogP contribution in [0.25, 0.3) is 0 Å². The van der Waals surface area contributed by atoms with E-state index in [-0.39, 0.29) is 16.7 Å². The summed E-state index contributed by atoms with van der Waals surface area (Å²) in [6.07, 6.45) is 0. The summed E-state index contributed by atoms with van der Waals surface area (Å²) in [6, 6.07) is 8.91. The molecule has 1 saturated heterocycles. The van der Waals surface area contributed by atoms with Crippen molar-refractivity contribution in [1.29, 1.82) is 5.26 Å². The number of nitrogens with one attached hydrogen (secondary N) is 1. The second-order valence-corrected chi connectivity index (χ2v) is 7.74. The van der Waals surface area contributed by atoms with Crippen LogP contribution >= 0.6 is 11.8 Å². The fourth-order valence-corrected chi connectivity index (χ4v) is 3.60. The van der Waals surface area contributed by atoms with E-state index in [0.29, 0.717) is 11.3 Å². The highest BCUT2D eigenvalue weighted by Gasteiger charge is 2.32. The molecule has 1 aromatic carbocycles. The van der Waals surface area contributed by atoms with Gasteiger partial charge >= 0.3 is 0 Å². The third-order valence-corrected chi connectivity index (χ3v) is 4.94. The lowest BCUT2D eigenvalue weighted by atomic mass is 10.1. The van der Waals surface area contributed by atoms with Gasteiger partial charge in [-0.2, -0.15) is 17.0 Å². The average molecular weight is 303 g/mol. The van der Waals surface area contributed by atoms with Crippen LogP contribution in [0.2, 0.25) is 0 Å². The highest BCUT2D eigenvalue weighted by Crippen LogP contribution is 2.30. The van der Waals surface area contributed by atoms with Crippen LogP contribution in [-0.2, 0) is 4.79 Å². The number of nitrogens with zero attached hydrogens (tertiary/aromatic N) is 2. The van der Waals surface area contributed by atoms with E-state index in [0.717, 1.165) is 18.8 Å². The summed E-state index contributed by atoms with van der Waals surface area (Å²) in [5, 5.41) is 11.8. The van der Waals surface area contributed by atoms with Gasteiger partial charge in [0.2, 0.25) is 5.91 Å². The lowest BCUT2D eigenvalue weighted by Gasteiger charge is -2.40. The number of anilines is 1. The largest absolute Gasteiger partial charge is 0.325 e. The van der Waals surface area contributed by atoms with E-state index < -0.39 is 0 Å². The molecule has 1 atom stereocenters. The van der Waals surface area contributed by atoms with Crippen LogP contribution in [0.5, 0.6) is 0 Å². The smallest absolute Gasteiger partial charge is 0.241 e. The summed E-state index contributed by atoms with van der Waals surface area (Å²) >= 11 is 1.95. The van der Waals surface area contributed by atoms with E-state index in [4.69, 9.17) is 5.26 Å². The van der Waals surface area contributed by atoms with Gasteiger partial charge in [0.25, 0.3) is 0 Å². The number of carbonyl (C=O) groups is 1. The minimum Gasteiger partial charge on any atom is -0.325 e. The first-order valence-electron chi connectivity index (χ1n) is 7.10. The van der Waals surface area contributed by atoms with Crippen LogP contribution in [0.3, 0.4) is 0 Å². The molecule has 0 aromatic heterocycles. The number of hydrogen-bond donors (Lipinski definition) is 1. The predicted molar refractivity (Wildman–Crippen MR) is 87.4 cm³/mol. The molecule has 112 valence electrons. The predicted octanol–water partition coefficient (Wildman–Crippen LogP) is 2.71. The van der Waals surface area contributed by atoms with E-state index in [1.54, 1.807) is 24.3 Å². The first-order chi connectivity index (χ1) is 9.91. The highest BCUT2D eigenvalue weighted by molar-refractivity contribution is 8.00. The zero-order valence-corrected chi connectivity index (χ0v) is 13.5. The molecule has 0 radical (unpaired) electrons. The molecule has 21 heavy (non-hydrogen) atoms. The highest BCUT2D eigenvalue weighted by atomic mass is 32.2. The van der Waals surface area contributed by atoms with Gasteiger partial charge in [0.05, 0.1) is 17.7 Å². The number of carbonyl (C=O) groups excluding carboxylic acids is 1. The molecule has 2 rings (SSSR count). The summed E-state index contributed by atoms with van der Waals surface area (Å²) in [7, 11) is 0. The van der Waals surface area contributed by atoms with Crippen LogP contribution in [0.15, 0.2) is 24.3 Å². The molecule has 1 aliphatic heterocycles. The number of hydrogen-bond acceptors (Lipinski definition) is 4. The lowest BCUT2D eigenvalue weighted by Crippen LogP contribution is -2.51. The van der Waals surface area contributed by atoms with Gasteiger partial charge in [0.15, 0.2) is 0 Å². The molecule has 0 spiro atoms. The fourth-order valence-electron chi connectivity index (χ4n) is 2.46. The molecule has 1 unspecified atom stereocenters. The number of benzene rings is 1. The number of nitriles is 1. The third kappa shape index (κ3) is 4.23. The molecule has 1 N–H and O–H groups in total. The van der Waals surface area contributed by atoms with Gasteiger partial charge in [-0.3, -0.25) is 9.69 Å². The Bertz CT molecular complexity index is 565. The van der Waals surface area contributed by atoms with Crippen LogP contribution in [0.4, 0.5) is 5.69 Å². The molecular formula is C16H21N3OS. The summed E-state index contributed by atoms with van der Waals surface area (Å²) in [5.74, 6) is 1.03. The van der Waals surface area contributed by atoms with Crippen molar-refractivity contribution < 1.29 is 4.79 Å². The Morgan fingerprint density at radius 1 is 1.52 bits per heavy atom. The van der Waals surface area contributed by atoms with Crippen molar-refractivity contribution in [1.82, 2.24) is 4.90 Å². The van der Waals surface area contributed by atoms with Gasteiger partial charge in [-0.25, -0.2) is 0 Å². The van der Waals surface area contributed by atoms with Crippen molar-refractivity contribution in [2.24, 2.45) is 0 Å². The van der Waals surface area contributed by atoms with Crippen molar-refractivity contribution in [3.05, 3.63) is 29.8 Å². The minimum absolute atomic E-state index is 0.0206. The minimum atomic E-state index is -0.170. The van der Waals surface area contributed by atoms with Gasteiger partial charge < -0.3 is 5.32 Å². The molecule has 1 amide bonds. The molecule has 4 nitrogen and oxygen atoms in total. The average Bonchev–Trinajstić information content (AvgIpc) is 2.45. The van der Waals surface area contributed by atoms with Gasteiger partial charge in [-0.1, -0.05) is 6.07 Å². The van der Waals surface area contributed by atoms with E-state index >= 15 is 0 Å². The van der Waals surface area contributed by atoms with Crippen molar-refractivity contribution >= 4 is 23.4 Å². The SMILES string of the molecule is CC(C(=O)Nc1cccc(C#N)c1)N1CCSC(C)(C)C1. The van der Waals surface area contributed by atoms with Crippen LogP contribution in [-0.4, -0.2) is 40.4 Å². The van der Waals surface area contributed by atoms with Gasteiger partial charge in [0.1, 0.15) is 0 Å². The quantitative estimate of drug-likeness (QED) is 0.933. The Hall–Kier alpha value is -1.51. The van der Waals surface area contributed by atoms with E-state index in [1.165, 1.54) is 0 Å². The Balaban J connectivity index is 2.01. The standard InChI is InChI=1S/C16H21N3OS/c1-12(19-7-8-21-16(2,3)11-19)15(20)18-14-6-4-5-13(9-14)10-17/h4-6,9,12H,7-8,11H2,1-3H3,(H,18,20). The zero-order valence-electron chi connectivity index (χ0n) is 12.7. The zero-order chi connectivity index (χ0) is 15.5. The van der Waals surface area contributed by atoms with Gasteiger partial charge in [-0.05, 0) is 39.0 Å². The van der Waals surface area contributed by atoms with Crippen LogP contribution in [0.1, 0.15) is 26.3 Å². The lowest BCUT2D eigenvalue weighted by molar-refractivity contribution is -0.120. The normalized spacial score (nSPS) is 19.5. The molecule has 0 bridgehead atoms. The van der Waals surface area contributed by atoms with Gasteiger partial charge in [0, 0.05) is 29.3 Å². The summed E-state index contributed by atoms with van der Waals surface area (Å²) in [6.45, 7) is 8.20. The second-order valence-electron chi connectivity index (χ2n) is 5.94. The van der Waals surface area contributed by atoms with Crippen molar-refractivity contribution in [3.8, 4) is 6.07 Å². The fraction of sp³-hybridized carbons (Fsp3) is 0.500. The van der Waals surface area contributed by atoms with E-state index in [1.807, 2.05) is 18.7 Å². The molecule has 5 heteroatoms. The monoisotopic (exact) mass is 303 g/mol. The first kappa shape index (κ1) is 15.9. The Kier molecular flexibility index (Phi) is 4.92. The number of thioether (sulfide) groups is 1. The maximum atomic E-state index is 12.4. The Morgan fingerprint density at radius 2 is 2.29 bits per heavy atom. The molecular weight excluding hydrogens is 282 g/mol. The second kappa shape index (κ2) is 6.50. The van der Waals surface area contributed by atoms with E-state index in [2.05, 4.69) is 30.1 Å². The summed E-state index contributed by atoms with van der Waals surface area (Å²) in [5.41, 5.74) is 1.23. The molecule has 1 heterocycles. The Morgan fingerprint density at radius 3 is 2.95 bits per heavy atom. The van der Waals surface area contributed by atoms with Crippen LogP contribution < -0.4 is 5.32 Å². The summed E-state index contributed by atoms with van der Waals surface area (Å²) in [4.78, 5) is 14.6. The van der Waals surface area contributed by atoms with Gasteiger partial charge in [-0.15, -0.1) is 0 Å². The maximum absolute atomic E-state index is 12.4. The van der Waals surface area contributed by atoms with Crippen molar-refractivity contribution in [2.45, 2.75) is 31.6 Å². The van der Waals surface area contributed by atoms with Crippen molar-refractivity contribution in [3.63, 3.8) is 0 Å².